The molecule has 9 aliphatic rings. The molecule has 5 heterocycles. The number of hydrogen-bond acceptors (Lipinski definition) is 8. The van der Waals surface area contributed by atoms with E-state index in [2.05, 4.69) is 56.6 Å². The third kappa shape index (κ3) is 5.43. The van der Waals surface area contributed by atoms with Gasteiger partial charge in [-0.25, -0.2) is 14.1 Å². The smallest absolute Gasteiger partial charge is 0.286 e. The highest BCUT2D eigenvalue weighted by molar-refractivity contribution is 9.22. The Bertz CT molecular complexity index is 723. The van der Waals surface area contributed by atoms with Gasteiger partial charge in [0.2, 0.25) is 0 Å². The van der Waals surface area contributed by atoms with E-state index >= 15 is 0 Å². The molecular weight excluding hydrogens is 603 g/mol. The van der Waals surface area contributed by atoms with Crippen molar-refractivity contribution in [1.29, 1.82) is 0 Å². The molecule has 8 atom stereocenters. The molecule has 5 aliphatic heterocycles. The maximum atomic E-state index is 4.26. The summed E-state index contributed by atoms with van der Waals surface area (Å²) < 4.78 is 0. The molecule has 5 saturated heterocycles. The summed E-state index contributed by atoms with van der Waals surface area (Å²) in [5, 5.41) is 33.8. The lowest BCUT2D eigenvalue weighted by Gasteiger charge is -2.35. The van der Waals surface area contributed by atoms with Gasteiger partial charge in [-0.2, -0.15) is 0 Å². The Kier molecular flexibility index (Phi) is 9.35. The summed E-state index contributed by atoms with van der Waals surface area (Å²) in [7, 11) is 0. The molecule has 9 fully saturated rings. The van der Waals surface area contributed by atoms with Crippen LogP contribution in [0.25, 0.3) is 0 Å². The number of nitrogens with one attached hydrogen (secondary N) is 8. The zero-order valence-corrected chi connectivity index (χ0v) is 29.5. The molecule has 8 unspecified atom stereocenters. The van der Waals surface area contributed by atoms with Crippen LogP contribution in [0.5, 0.6) is 0 Å². The molecule has 10 heteroatoms. The second kappa shape index (κ2) is 13.1. The highest BCUT2D eigenvalue weighted by Gasteiger charge is 2.54. The Balaban J connectivity index is 0.00000131. The molecule has 4 aliphatic carbocycles. The molecule has 0 spiro atoms. The van der Waals surface area contributed by atoms with Crippen molar-refractivity contribution in [3.8, 4) is 0 Å². The van der Waals surface area contributed by atoms with E-state index in [0.717, 1.165) is 61.8 Å². The van der Waals surface area contributed by atoms with Crippen LogP contribution in [0.15, 0.2) is 0 Å². The highest BCUT2D eigenvalue weighted by Crippen LogP contribution is 2.45. The lowest BCUT2D eigenvalue weighted by Crippen LogP contribution is -2.61. The van der Waals surface area contributed by atoms with Gasteiger partial charge in [0.25, 0.3) is 0 Å². The van der Waals surface area contributed by atoms with E-state index in [1.54, 1.807) is 0 Å². The summed E-state index contributed by atoms with van der Waals surface area (Å²) in [5.74, 6) is 5.97. The molecule has 0 aromatic heterocycles. The fourth-order valence-electron chi connectivity index (χ4n) is 12.0. The fraction of sp³-hybridized carbons (Fsp3) is 1.00. The molecule has 0 aromatic carbocycles. The van der Waals surface area contributed by atoms with Gasteiger partial charge in [-0.3, -0.25) is 42.5 Å². The average molecular weight is 662 g/mol. The number of fused-ring (bicyclic) bond motifs is 20. The average Bonchev–Trinajstić information content (AvgIpc) is 3.78. The summed E-state index contributed by atoms with van der Waals surface area (Å²) in [5.41, 5.74) is 0. The summed E-state index contributed by atoms with van der Waals surface area (Å²) in [6.45, 7) is 0. The van der Waals surface area contributed by atoms with E-state index in [1.165, 1.54) is 103 Å². The second-order valence-electron chi connectivity index (χ2n) is 15.6. The van der Waals surface area contributed by atoms with Gasteiger partial charge in [0.1, 0.15) is 0 Å². The first kappa shape index (κ1) is 30.1. The normalized spacial score (nSPS) is 55.0. The van der Waals surface area contributed by atoms with Crippen LogP contribution in [0.1, 0.15) is 103 Å². The van der Waals surface area contributed by atoms with Gasteiger partial charge in [0.05, 0.1) is 49.3 Å². The van der Waals surface area contributed by atoms with Crippen LogP contribution in [0.4, 0.5) is 0 Å². The van der Waals surface area contributed by atoms with Crippen LogP contribution < -0.4 is 42.5 Å². The summed E-state index contributed by atoms with van der Waals surface area (Å²) in [6.07, 6.45) is 25.6. The van der Waals surface area contributed by atoms with Crippen LogP contribution in [0, 0.1) is 47.3 Å². The quantitative estimate of drug-likeness (QED) is 0.188. The van der Waals surface area contributed by atoms with E-state index < -0.39 is 0 Å². The molecular formula is C32H58AlBrN8. The third-order valence-electron chi connectivity index (χ3n) is 13.8. The molecule has 0 aromatic rings. The molecule has 9 rings (SSSR count). The zero-order valence-electron chi connectivity index (χ0n) is 25.9. The highest BCUT2D eigenvalue weighted by atomic mass is 79.9. The van der Waals surface area contributed by atoms with Gasteiger partial charge in [-0.1, -0.05) is 51.4 Å². The molecule has 8 nitrogen and oxygen atoms in total. The maximum Gasteiger partial charge on any atom is 0.319 e. The first-order valence-corrected chi connectivity index (χ1v) is 23.8. The van der Waals surface area contributed by atoms with Crippen molar-refractivity contribution in [1.82, 2.24) is 42.5 Å². The summed E-state index contributed by atoms with van der Waals surface area (Å²) in [4.78, 5) is 0. The van der Waals surface area contributed by atoms with Gasteiger partial charge in [0.15, 0.2) is 0 Å². The van der Waals surface area contributed by atoms with Crippen molar-refractivity contribution in [2.45, 2.75) is 152 Å². The minimum Gasteiger partial charge on any atom is -0.286 e. The Morgan fingerprint density at radius 2 is 0.381 bits per heavy atom. The SMILES string of the molecule is C1CCC2C3NC(NC4NC(NC5NC(NC6NC(N3)C3CCCCC63)C3CCCCC53)C3CCCCC43)C2C1.[AlH2][Br]. The van der Waals surface area contributed by atoms with Crippen molar-refractivity contribution in [3.05, 3.63) is 0 Å². The van der Waals surface area contributed by atoms with E-state index in [1.807, 2.05) is 0 Å². The van der Waals surface area contributed by atoms with Crippen molar-refractivity contribution in [2.75, 3.05) is 0 Å². The topological polar surface area (TPSA) is 96.2 Å². The molecule has 0 radical (unpaired) electrons. The van der Waals surface area contributed by atoms with Crippen LogP contribution in [0.3, 0.4) is 0 Å². The van der Waals surface area contributed by atoms with Crippen LogP contribution in [-0.4, -0.2) is 63.8 Å². The molecule has 0 amide bonds. The van der Waals surface area contributed by atoms with E-state index in [-0.39, 0.29) is 0 Å². The van der Waals surface area contributed by atoms with Crippen molar-refractivity contribution in [2.24, 2.45) is 47.3 Å². The largest absolute Gasteiger partial charge is 0.319 e. The second-order valence-corrected chi connectivity index (χ2v) is 15.6. The first-order valence-electron chi connectivity index (χ1n) is 18.3. The molecule has 8 bridgehead atoms. The molecule has 4 saturated carbocycles. The Morgan fingerprint density at radius 3 is 0.500 bits per heavy atom. The van der Waals surface area contributed by atoms with Gasteiger partial charge in [-0.15, -0.1) is 0 Å². The minimum absolute atomic E-state index is 0.420. The van der Waals surface area contributed by atoms with E-state index in [0.29, 0.717) is 49.3 Å². The fourth-order valence-corrected chi connectivity index (χ4v) is 12.0. The lowest BCUT2D eigenvalue weighted by molar-refractivity contribution is 0.167. The maximum absolute atomic E-state index is 4.26. The number of halogens is 1. The van der Waals surface area contributed by atoms with Crippen molar-refractivity contribution in [3.63, 3.8) is 0 Å². The molecule has 8 N–H and O–H groups in total. The Labute approximate surface area is 269 Å². The number of rotatable bonds is 0. The van der Waals surface area contributed by atoms with Gasteiger partial charge in [-0.05, 0) is 98.7 Å². The van der Waals surface area contributed by atoms with Gasteiger partial charge < -0.3 is 0 Å². The Hall–Kier alpha value is 0.692. The van der Waals surface area contributed by atoms with Crippen molar-refractivity contribution >= 4 is 28.5 Å². The Morgan fingerprint density at radius 1 is 0.262 bits per heavy atom. The predicted molar refractivity (Wildman–Crippen MR) is 175 cm³/mol. The minimum atomic E-state index is 0.420. The predicted octanol–water partition coefficient (Wildman–Crippen LogP) is 2.54. The van der Waals surface area contributed by atoms with Crippen molar-refractivity contribution < 1.29 is 0 Å². The van der Waals surface area contributed by atoms with E-state index in [4.69, 9.17) is 0 Å². The lowest BCUT2D eigenvalue weighted by atomic mass is 9.76. The van der Waals surface area contributed by atoms with Crippen LogP contribution >= 0.6 is 14.1 Å². The monoisotopic (exact) mass is 660 g/mol. The van der Waals surface area contributed by atoms with Gasteiger partial charge in [0, 0.05) is 0 Å². The van der Waals surface area contributed by atoms with Crippen LogP contribution in [-0.2, 0) is 0 Å². The number of hydrogen-bond donors (Lipinski definition) is 8. The summed E-state index contributed by atoms with van der Waals surface area (Å²) in [6, 6.07) is 0. The molecule has 42 heavy (non-hydrogen) atoms. The van der Waals surface area contributed by atoms with Crippen LogP contribution in [0.2, 0.25) is 0 Å². The zero-order chi connectivity index (χ0) is 28.2. The third-order valence-corrected chi connectivity index (χ3v) is 13.8. The van der Waals surface area contributed by atoms with E-state index in [9.17, 15) is 0 Å². The molecule has 236 valence electrons. The standard InChI is InChI=1S/C32H56N8.Al.BrH.2H/c1-2-10-18-17(9-1)25-33-26(18)38-28-21-13-5-6-14-22(21)30(35-28)40-32-24-16-8-7-15-23(24)31(36-32)39-29-20-12-4-3-11-19(20)27(34-29)37-25;;;;/h17-40H,1-16H2;;1H;;/q;+1;;;/p-1. The summed E-state index contributed by atoms with van der Waals surface area (Å²) >= 11 is 4.19. The first-order chi connectivity index (χ1) is 20.8. The van der Waals surface area contributed by atoms with Gasteiger partial charge >= 0.3 is 14.5 Å².